The largest absolute Gasteiger partial charge is 0.476 e. The number of carbonyl (C=O) groups is 1. The molecule has 1 aliphatic rings. The molecular weight excluding hydrogens is 487 g/mol. The predicted octanol–water partition coefficient (Wildman–Crippen LogP) is 4.71. The number of benzene rings is 1. The average Bonchev–Trinajstić information content (AvgIpc) is 2.80. The maximum Gasteiger partial charge on any atom is 0.356 e. The maximum absolute atomic E-state index is 14.6. The molecule has 1 saturated heterocycles. The topological polar surface area (TPSA) is 100 Å². The number of aromatic nitrogens is 3. The van der Waals surface area contributed by atoms with E-state index in [1.165, 1.54) is 22.8 Å². The molecule has 0 saturated carbocycles. The van der Waals surface area contributed by atoms with Crippen LogP contribution >= 0.6 is 11.6 Å². The van der Waals surface area contributed by atoms with Gasteiger partial charge in [-0.1, -0.05) is 11.6 Å². The van der Waals surface area contributed by atoms with Crippen LogP contribution in [0.25, 0.3) is 10.9 Å². The van der Waals surface area contributed by atoms with Gasteiger partial charge in [-0.15, -0.1) is 0 Å². The normalized spacial score (nSPS) is 16.3. The molecule has 3 heterocycles. The van der Waals surface area contributed by atoms with E-state index >= 15 is 0 Å². The van der Waals surface area contributed by atoms with E-state index in [-0.39, 0.29) is 65.9 Å². The number of aromatic carboxylic acids is 1. The highest BCUT2D eigenvalue weighted by Crippen LogP contribution is 2.32. The van der Waals surface area contributed by atoms with E-state index in [4.69, 9.17) is 11.6 Å². The van der Waals surface area contributed by atoms with Crippen LogP contribution in [0.4, 0.5) is 24.8 Å². The first-order chi connectivity index (χ1) is 16.5. The molecule has 2 aromatic heterocycles. The molecule has 2 N–H and O–H groups in total. The number of rotatable bonds is 6. The van der Waals surface area contributed by atoms with Crippen LogP contribution in [0.3, 0.4) is 0 Å². The lowest BCUT2D eigenvalue weighted by molar-refractivity contribution is -0.0223. The van der Waals surface area contributed by atoms with Gasteiger partial charge in [-0.25, -0.2) is 27.9 Å². The quantitative estimate of drug-likeness (QED) is 0.464. The number of hydrogen-bond donors (Lipinski definition) is 2. The van der Waals surface area contributed by atoms with Crippen molar-refractivity contribution in [1.82, 2.24) is 14.5 Å². The average molecular weight is 510 g/mol. The minimum atomic E-state index is -2.77. The lowest BCUT2D eigenvalue weighted by Crippen LogP contribution is -2.42. The molecule has 1 aliphatic heterocycles. The van der Waals surface area contributed by atoms with Crippen LogP contribution in [-0.2, 0) is 6.54 Å². The monoisotopic (exact) mass is 509 g/mol. The van der Waals surface area contributed by atoms with Gasteiger partial charge in [0, 0.05) is 38.0 Å². The third-order valence-corrected chi connectivity index (χ3v) is 6.24. The molecule has 186 valence electrons. The molecule has 12 heteroatoms. The molecule has 0 spiro atoms. The second-order valence-electron chi connectivity index (χ2n) is 8.40. The van der Waals surface area contributed by atoms with E-state index in [0.717, 1.165) is 6.07 Å². The fraction of sp³-hybridized carbons (Fsp3) is 0.391. The SMILES string of the molecule is CCn1c(N2CCC(F)(F)CC2)nc2c([C@@H](C)Nc3ccc(Cl)nc3C(=O)O)cc(F)cc2c1=O. The number of fused-ring (bicyclic) bond motifs is 1. The summed E-state index contributed by atoms with van der Waals surface area (Å²) >= 11 is 5.82. The number of piperidine rings is 1. The van der Waals surface area contributed by atoms with Crippen LogP contribution in [-0.4, -0.2) is 44.6 Å². The molecule has 1 atom stereocenters. The van der Waals surface area contributed by atoms with E-state index < -0.39 is 29.3 Å². The highest BCUT2D eigenvalue weighted by atomic mass is 35.5. The summed E-state index contributed by atoms with van der Waals surface area (Å²) in [7, 11) is 0. The Bertz CT molecular complexity index is 1350. The summed E-state index contributed by atoms with van der Waals surface area (Å²) in [6.07, 6.45) is -0.721. The Kier molecular flexibility index (Phi) is 6.63. The number of nitrogens with one attached hydrogen (secondary N) is 1. The van der Waals surface area contributed by atoms with Gasteiger partial charge in [-0.3, -0.25) is 9.36 Å². The number of nitrogens with zero attached hydrogens (tertiary/aromatic N) is 4. The third-order valence-electron chi connectivity index (χ3n) is 6.03. The van der Waals surface area contributed by atoms with Gasteiger partial charge in [0.25, 0.3) is 11.5 Å². The number of pyridine rings is 1. The van der Waals surface area contributed by atoms with Crippen molar-refractivity contribution in [1.29, 1.82) is 0 Å². The van der Waals surface area contributed by atoms with Gasteiger partial charge in [-0.05, 0) is 38.1 Å². The van der Waals surface area contributed by atoms with Crippen molar-refractivity contribution in [2.75, 3.05) is 23.3 Å². The number of halogens is 4. The second kappa shape index (κ2) is 9.37. The van der Waals surface area contributed by atoms with Gasteiger partial charge >= 0.3 is 5.97 Å². The molecule has 0 aliphatic carbocycles. The lowest BCUT2D eigenvalue weighted by Gasteiger charge is -2.33. The molecule has 8 nitrogen and oxygen atoms in total. The highest BCUT2D eigenvalue weighted by Gasteiger charge is 2.35. The Morgan fingerprint density at radius 1 is 1.26 bits per heavy atom. The summed E-state index contributed by atoms with van der Waals surface area (Å²) in [5.74, 6) is -4.51. The van der Waals surface area contributed by atoms with Crippen LogP contribution < -0.4 is 15.8 Å². The van der Waals surface area contributed by atoms with Crippen molar-refractivity contribution in [3.63, 3.8) is 0 Å². The summed E-state index contributed by atoms with van der Waals surface area (Å²) in [6.45, 7) is 3.65. The Balaban J connectivity index is 1.82. The van der Waals surface area contributed by atoms with E-state index in [9.17, 15) is 27.9 Å². The summed E-state index contributed by atoms with van der Waals surface area (Å²) in [5.41, 5.74) is -0.159. The zero-order chi connectivity index (χ0) is 25.5. The fourth-order valence-electron chi connectivity index (χ4n) is 4.22. The number of anilines is 2. The van der Waals surface area contributed by atoms with Crippen molar-refractivity contribution in [2.24, 2.45) is 0 Å². The van der Waals surface area contributed by atoms with Gasteiger partial charge in [0.1, 0.15) is 11.0 Å². The number of hydrogen-bond acceptors (Lipinski definition) is 6. The molecule has 35 heavy (non-hydrogen) atoms. The Labute approximate surface area is 203 Å². The van der Waals surface area contributed by atoms with E-state index in [0.29, 0.717) is 5.56 Å². The summed E-state index contributed by atoms with van der Waals surface area (Å²) in [4.78, 5) is 35.0. The first-order valence-electron chi connectivity index (χ1n) is 11.0. The van der Waals surface area contributed by atoms with Crippen molar-refractivity contribution in [3.8, 4) is 0 Å². The highest BCUT2D eigenvalue weighted by molar-refractivity contribution is 6.29. The summed E-state index contributed by atoms with van der Waals surface area (Å²) < 4.78 is 43.4. The Morgan fingerprint density at radius 2 is 1.94 bits per heavy atom. The van der Waals surface area contributed by atoms with Crippen molar-refractivity contribution in [3.05, 3.63) is 56.8 Å². The van der Waals surface area contributed by atoms with Crippen LogP contribution in [0, 0.1) is 5.82 Å². The van der Waals surface area contributed by atoms with E-state index in [2.05, 4.69) is 15.3 Å². The lowest BCUT2D eigenvalue weighted by atomic mass is 10.0. The third kappa shape index (κ3) is 4.90. The molecule has 0 amide bonds. The Morgan fingerprint density at radius 3 is 2.57 bits per heavy atom. The van der Waals surface area contributed by atoms with E-state index in [1.54, 1.807) is 18.7 Å². The number of carboxylic acids is 1. The molecular formula is C23H23ClF3N5O3. The minimum Gasteiger partial charge on any atom is -0.476 e. The fourth-order valence-corrected chi connectivity index (χ4v) is 4.37. The standard InChI is InChI=1S/C23H23ClF3N5O3/c1-3-32-20(33)15-11-13(25)10-14(12(2)28-16-4-5-17(24)29-19(16)21(34)35)18(15)30-22(32)31-8-6-23(26,27)7-9-31/h4-5,10-12,28H,3,6-9H2,1-2H3,(H,34,35)/t12-/m1/s1. The minimum absolute atomic E-state index is 0.00431. The summed E-state index contributed by atoms with van der Waals surface area (Å²) in [6, 6.07) is 4.45. The van der Waals surface area contributed by atoms with Crippen LogP contribution in [0.2, 0.25) is 5.15 Å². The van der Waals surface area contributed by atoms with Crippen LogP contribution in [0.5, 0.6) is 0 Å². The van der Waals surface area contributed by atoms with Gasteiger partial charge in [0.15, 0.2) is 5.69 Å². The number of alkyl halides is 2. The molecule has 3 aromatic rings. The summed E-state index contributed by atoms with van der Waals surface area (Å²) in [5, 5.41) is 12.5. The number of carboxylic acid groups (broad SMARTS) is 1. The van der Waals surface area contributed by atoms with E-state index in [1.807, 2.05) is 0 Å². The molecule has 1 aromatic carbocycles. The van der Waals surface area contributed by atoms with Gasteiger partial charge < -0.3 is 15.3 Å². The molecule has 4 rings (SSSR count). The second-order valence-corrected chi connectivity index (χ2v) is 8.78. The Hall–Kier alpha value is -3.34. The van der Waals surface area contributed by atoms with Gasteiger partial charge in [0.05, 0.1) is 22.6 Å². The molecule has 0 radical (unpaired) electrons. The molecule has 1 fully saturated rings. The molecule has 0 bridgehead atoms. The first kappa shape index (κ1) is 24.8. The van der Waals surface area contributed by atoms with Crippen LogP contribution in [0.1, 0.15) is 48.8 Å². The zero-order valence-electron chi connectivity index (χ0n) is 19.0. The van der Waals surface area contributed by atoms with Crippen molar-refractivity contribution >= 4 is 40.1 Å². The van der Waals surface area contributed by atoms with Crippen LogP contribution in [0.15, 0.2) is 29.1 Å². The molecule has 0 unspecified atom stereocenters. The maximum atomic E-state index is 14.6. The van der Waals surface area contributed by atoms with Crippen molar-refractivity contribution < 1.29 is 23.1 Å². The predicted molar refractivity (Wildman–Crippen MR) is 126 cm³/mol. The van der Waals surface area contributed by atoms with Crippen molar-refractivity contribution in [2.45, 2.75) is 45.2 Å². The van der Waals surface area contributed by atoms with Gasteiger partial charge in [-0.2, -0.15) is 0 Å². The smallest absolute Gasteiger partial charge is 0.356 e. The van der Waals surface area contributed by atoms with Gasteiger partial charge in [0.2, 0.25) is 5.95 Å². The first-order valence-corrected chi connectivity index (χ1v) is 11.4. The zero-order valence-corrected chi connectivity index (χ0v) is 19.7.